The predicted molar refractivity (Wildman–Crippen MR) is 114 cm³/mol. The van der Waals surface area contributed by atoms with Crippen LogP contribution in [0, 0.1) is 12.8 Å². The minimum absolute atomic E-state index is 0.00404. The number of benzene rings is 2. The van der Waals surface area contributed by atoms with Crippen LogP contribution in [0.2, 0.25) is 0 Å². The number of nitrogens with zero attached hydrogens (tertiary/aromatic N) is 2. The Morgan fingerprint density at radius 1 is 1.10 bits per heavy atom. The molecule has 3 aromatic rings. The van der Waals surface area contributed by atoms with E-state index in [4.69, 9.17) is 4.42 Å². The Balaban J connectivity index is 1.35. The molecule has 1 amide bonds. The van der Waals surface area contributed by atoms with Gasteiger partial charge in [-0.05, 0) is 63.1 Å². The lowest BCUT2D eigenvalue weighted by molar-refractivity contribution is -0.135. The molecule has 0 radical (unpaired) electrons. The van der Waals surface area contributed by atoms with Gasteiger partial charge in [-0.1, -0.05) is 42.0 Å². The topological polar surface area (TPSA) is 55.5 Å². The second kappa shape index (κ2) is 8.27. The van der Waals surface area contributed by atoms with Crippen molar-refractivity contribution in [2.45, 2.75) is 45.6 Å². The van der Waals surface area contributed by atoms with E-state index in [1.54, 1.807) is 13.0 Å². The SMILES string of the molecule is Cc1ccc(CCC2CCN(C(=O)C(C)n3c(=O)oc4ccccc43)CC2)cc1. The lowest BCUT2D eigenvalue weighted by atomic mass is 9.90. The van der Waals surface area contributed by atoms with E-state index in [0.29, 0.717) is 17.0 Å². The molecule has 1 fully saturated rings. The lowest BCUT2D eigenvalue weighted by Gasteiger charge is -2.33. The highest BCUT2D eigenvalue weighted by atomic mass is 16.4. The number of fused-ring (bicyclic) bond motifs is 1. The van der Waals surface area contributed by atoms with Gasteiger partial charge in [0.1, 0.15) is 6.04 Å². The molecule has 1 aliphatic rings. The normalized spacial score (nSPS) is 16.3. The number of oxazole rings is 1. The van der Waals surface area contributed by atoms with Crippen LogP contribution in [0.5, 0.6) is 0 Å². The molecule has 29 heavy (non-hydrogen) atoms. The fourth-order valence-corrected chi connectivity index (χ4v) is 4.29. The van der Waals surface area contributed by atoms with Gasteiger partial charge < -0.3 is 9.32 Å². The van der Waals surface area contributed by atoms with E-state index < -0.39 is 11.8 Å². The average molecular weight is 392 g/mol. The molecular weight excluding hydrogens is 364 g/mol. The summed E-state index contributed by atoms with van der Waals surface area (Å²) >= 11 is 0. The van der Waals surface area contributed by atoms with Crippen LogP contribution in [0.3, 0.4) is 0 Å². The first-order valence-electron chi connectivity index (χ1n) is 10.5. The molecule has 0 N–H and O–H groups in total. The quantitative estimate of drug-likeness (QED) is 0.649. The molecule has 5 nitrogen and oxygen atoms in total. The highest BCUT2D eigenvalue weighted by Gasteiger charge is 2.29. The molecule has 5 heteroatoms. The number of piperidine rings is 1. The van der Waals surface area contributed by atoms with Crippen molar-refractivity contribution in [1.82, 2.24) is 9.47 Å². The highest BCUT2D eigenvalue weighted by molar-refractivity contribution is 5.83. The summed E-state index contributed by atoms with van der Waals surface area (Å²) in [5.74, 6) is 0.170. The summed E-state index contributed by atoms with van der Waals surface area (Å²) in [6.45, 7) is 5.41. The Hall–Kier alpha value is -2.82. The summed E-state index contributed by atoms with van der Waals surface area (Å²) in [5.41, 5.74) is 3.87. The van der Waals surface area contributed by atoms with Gasteiger partial charge in [0, 0.05) is 13.1 Å². The van der Waals surface area contributed by atoms with Crippen LogP contribution in [0.4, 0.5) is 0 Å². The first-order valence-corrected chi connectivity index (χ1v) is 10.5. The third-order valence-electron chi connectivity index (χ3n) is 6.15. The number of para-hydroxylation sites is 2. The number of carbonyl (C=O) groups is 1. The zero-order valence-electron chi connectivity index (χ0n) is 17.1. The first-order chi connectivity index (χ1) is 14.0. The van der Waals surface area contributed by atoms with Crippen molar-refractivity contribution in [2.75, 3.05) is 13.1 Å². The summed E-state index contributed by atoms with van der Waals surface area (Å²) in [6, 6.07) is 15.4. The number of aryl methyl sites for hydroxylation is 2. The number of carbonyl (C=O) groups excluding carboxylic acids is 1. The Morgan fingerprint density at radius 3 is 2.52 bits per heavy atom. The molecule has 0 saturated carbocycles. The number of hydrogen-bond donors (Lipinski definition) is 0. The summed E-state index contributed by atoms with van der Waals surface area (Å²) in [6.07, 6.45) is 4.29. The summed E-state index contributed by atoms with van der Waals surface area (Å²) in [4.78, 5) is 27.2. The maximum Gasteiger partial charge on any atom is 0.420 e. The molecule has 2 aromatic carbocycles. The largest absolute Gasteiger partial charge is 0.420 e. The van der Waals surface area contributed by atoms with Gasteiger partial charge in [-0.2, -0.15) is 0 Å². The number of aromatic nitrogens is 1. The molecule has 1 aliphatic heterocycles. The Morgan fingerprint density at radius 2 is 1.79 bits per heavy atom. The van der Waals surface area contributed by atoms with Crippen molar-refractivity contribution in [2.24, 2.45) is 5.92 Å². The standard InChI is InChI=1S/C24H28N2O3/c1-17-7-9-19(10-8-17)11-12-20-13-15-25(16-14-20)23(27)18(2)26-21-5-3-4-6-22(21)29-24(26)28/h3-10,18,20H,11-16H2,1-2H3. The maximum atomic E-state index is 13.0. The van der Waals surface area contributed by atoms with Crippen LogP contribution >= 0.6 is 0 Å². The van der Waals surface area contributed by atoms with Crippen LogP contribution in [0.25, 0.3) is 11.1 Å². The molecule has 0 bridgehead atoms. The van der Waals surface area contributed by atoms with E-state index >= 15 is 0 Å². The molecule has 4 rings (SSSR count). The van der Waals surface area contributed by atoms with Crippen LogP contribution in [-0.2, 0) is 11.2 Å². The Bertz CT molecular complexity index is 1040. The third-order valence-corrected chi connectivity index (χ3v) is 6.15. The second-order valence-electron chi connectivity index (χ2n) is 8.17. The predicted octanol–water partition coefficient (Wildman–Crippen LogP) is 4.34. The van der Waals surface area contributed by atoms with Crippen LogP contribution < -0.4 is 5.76 Å². The molecule has 1 saturated heterocycles. The van der Waals surface area contributed by atoms with Crippen molar-refractivity contribution in [3.63, 3.8) is 0 Å². The number of rotatable bonds is 5. The summed E-state index contributed by atoms with van der Waals surface area (Å²) in [7, 11) is 0. The van der Waals surface area contributed by atoms with Crippen molar-refractivity contribution in [1.29, 1.82) is 0 Å². The maximum absolute atomic E-state index is 13.0. The van der Waals surface area contributed by atoms with Gasteiger partial charge in [0.15, 0.2) is 5.58 Å². The van der Waals surface area contributed by atoms with Crippen molar-refractivity contribution in [3.05, 3.63) is 70.2 Å². The molecule has 0 aliphatic carbocycles. The van der Waals surface area contributed by atoms with Gasteiger partial charge in [-0.25, -0.2) is 4.79 Å². The summed E-state index contributed by atoms with van der Waals surface area (Å²) in [5, 5.41) is 0. The van der Waals surface area contributed by atoms with E-state index in [0.717, 1.165) is 38.8 Å². The van der Waals surface area contributed by atoms with Gasteiger partial charge in [0.2, 0.25) is 5.91 Å². The molecule has 152 valence electrons. The van der Waals surface area contributed by atoms with E-state index in [9.17, 15) is 9.59 Å². The van der Waals surface area contributed by atoms with Crippen molar-refractivity contribution >= 4 is 17.0 Å². The van der Waals surface area contributed by atoms with Crippen LogP contribution in [0.15, 0.2) is 57.7 Å². The zero-order valence-corrected chi connectivity index (χ0v) is 17.1. The lowest BCUT2D eigenvalue weighted by Crippen LogP contribution is -2.43. The monoisotopic (exact) mass is 392 g/mol. The number of amides is 1. The van der Waals surface area contributed by atoms with Gasteiger partial charge >= 0.3 is 5.76 Å². The molecule has 2 heterocycles. The number of hydrogen-bond acceptors (Lipinski definition) is 3. The Labute approximate surface area is 170 Å². The van der Waals surface area contributed by atoms with E-state index in [-0.39, 0.29) is 5.91 Å². The fraction of sp³-hybridized carbons (Fsp3) is 0.417. The minimum atomic E-state index is -0.560. The number of likely N-dealkylation sites (tertiary alicyclic amines) is 1. The second-order valence-corrected chi connectivity index (χ2v) is 8.17. The fourth-order valence-electron chi connectivity index (χ4n) is 4.29. The van der Waals surface area contributed by atoms with Gasteiger partial charge in [-0.15, -0.1) is 0 Å². The van der Waals surface area contributed by atoms with E-state index in [1.165, 1.54) is 15.7 Å². The average Bonchev–Trinajstić information content (AvgIpc) is 3.08. The zero-order chi connectivity index (χ0) is 20.4. The molecule has 1 atom stereocenters. The van der Waals surface area contributed by atoms with E-state index in [2.05, 4.69) is 31.2 Å². The Kier molecular flexibility index (Phi) is 5.56. The molecule has 0 spiro atoms. The van der Waals surface area contributed by atoms with Crippen molar-refractivity contribution in [3.8, 4) is 0 Å². The van der Waals surface area contributed by atoms with Crippen LogP contribution in [0.1, 0.15) is 43.4 Å². The summed E-state index contributed by atoms with van der Waals surface area (Å²) < 4.78 is 6.77. The van der Waals surface area contributed by atoms with Crippen LogP contribution in [-0.4, -0.2) is 28.5 Å². The molecule has 1 unspecified atom stereocenters. The minimum Gasteiger partial charge on any atom is -0.408 e. The smallest absolute Gasteiger partial charge is 0.408 e. The first kappa shape index (κ1) is 19.5. The van der Waals surface area contributed by atoms with Gasteiger partial charge in [0.25, 0.3) is 0 Å². The third kappa shape index (κ3) is 4.14. The highest BCUT2D eigenvalue weighted by Crippen LogP contribution is 2.25. The van der Waals surface area contributed by atoms with Crippen molar-refractivity contribution < 1.29 is 9.21 Å². The van der Waals surface area contributed by atoms with Gasteiger partial charge in [-0.3, -0.25) is 9.36 Å². The molecular formula is C24H28N2O3. The van der Waals surface area contributed by atoms with E-state index in [1.807, 2.05) is 23.1 Å². The van der Waals surface area contributed by atoms with Gasteiger partial charge in [0.05, 0.1) is 5.52 Å². The molecule has 1 aromatic heterocycles.